The van der Waals surface area contributed by atoms with Crippen molar-refractivity contribution in [1.29, 1.82) is 0 Å². The molecule has 1 aromatic heterocycles. The average Bonchev–Trinajstić information content (AvgIpc) is 2.80. The van der Waals surface area contributed by atoms with Gasteiger partial charge in [-0.3, -0.25) is 0 Å². The third-order valence-electron chi connectivity index (χ3n) is 3.36. The molecule has 0 unspecified atom stereocenters. The van der Waals surface area contributed by atoms with Crippen LogP contribution in [0.2, 0.25) is 0 Å². The Hall–Kier alpha value is -2.50. The van der Waals surface area contributed by atoms with Gasteiger partial charge < -0.3 is 10.3 Å². The number of imidazole rings is 1. The SMILES string of the molecule is CCn1c(-c2cc(F)c(F)cc2N)nc2ccc(F)cc21. The summed E-state index contributed by atoms with van der Waals surface area (Å²) < 4.78 is 41.8. The molecule has 108 valence electrons. The van der Waals surface area contributed by atoms with Crippen molar-refractivity contribution in [3.05, 3.63) is 47.8 Å². The van der Waals surface area contributed by atoms with Gasteiger partial charge in [0.15, 0.2) is 11.6 Å². The second-order valence-electron chi connectivity index (χ2n) is 4.67. The normalized spacial score (nSPS) is 11.2. The summed E-state index contributed by atoms with van der Waals surface area (Å²) in [4.78, 5) is 4.35. The smallest absolute Gasteiger partial charge is 0.160 e. The number of anilines is 1. The van der Waals surface area contributed by atoms with E-state index in [9.17, 15) is 13.2 Å². The molecule has 0 amide bonds. The molecule has 3 aromatic rings. The molecular formula is C15H12F3N3. The molecule has 0 saturated carbocycles. The molecule has 1 heterocycles. The van der Waals surface area contributed by atoms with E-state index in [4.69, 9.17) is 5.73 Å². The highest BCUT2D eigenvalue weighted by molar-refractivity contribution is 5.83. The number of benzene rings is 2. The zero-order chi connectivity index (χ0) is 15.1. The first-order valence-corrected chi connectivity index (χ1v) is 6.42. The van der Waals surface area contributed by atoms with Crippen molar-refractivity contribution in [3.8, 4) is 11.4 Å². The van der Waals surface area contributed by atoms with Crippen LogP contribution < -0.4 is 5.73 Å². The third kappa shape index (κ3) is 2.12. The lowest BCUT2D eigenvalue weighted by atomic mass is 10.1. The maximum Gasteiger partial charge on any atom is 0.160 e. The van der Waals surface area contributed by atoms with Crippen molar-refractivity contribution in [2.24, 2.45) is 0 Å². The lowest BCUT2D eigenvalue weighted by Gasteiger charge is -2.09. The lowest BCUT2D eigenvalue weighted by molar-refractivity contribution is 0.509. The van der Waals surface area contributed by atoms with Gasteiger partial charge in [-0.25, -0.2) is 18.2 Å². The summed E-state index contributed by atoms with van der Waals surface area (Å²) in [6.45, 7) is 2.35. The number of aromatic nitrogens is 2. The van der Waals surface area contributed by atoms with E-state index < -0.39 is 11.6 Å². The Bertz CT molecular complexity index is 840. The van der Waals surface area contributed by atoms with Gasteiger partial charge in [0, 0.05) is 23.9 Å². The van der Waals surface area contributed by atoms with E-state index in [1.807, 2.05) is 6.92 Å². The summed E-state index contributed by atoms with van der Waals surface area (Å²) in [6.07, 6.45) is 0. The first-order valence-electron chi connectivity index (χ1n) is 6.42. The third-order valence-corrected chi connectivity index (χ3v) is 3.36. The van der Waals surface area contributed by atoms with Crippen LogP contribution in [0.15, 0.2) is 30.3 Å². The zero-order valence-corrected chi connectivity index (χ0v) is 11.2. The second kappa shape index (κ2) is 4.80. The number of fused-ring (bicyclic) bond motifs is 1. The van der Waals surface area contributed by atoms with Crippen LogP contribution in [0.3, 0.4) is 0 Å². The van der Waals surface area contributed by atoms with Crippen molar-refractivity contribution < 1.29 is 13.2 Å². The summed E-state index contributed by atoms with van der Waals surface area (Å²) >= 11 is 0. The predicted molar refractivity (Wildman–Crippen MR) is 75.1 cm³/mol. The topological polar surface area (TPSA) is 43.8 Å². The fraction of sp³-hybridized carbons (Fsp3) is 0.133. The number of halogens is 3. The molecule has 21 heavy (non-hydrogen) atoms. The Morgan fingerprint density at radius 3 is 2.52 bits per heavy atom. The van der Waals surface area contributed by atoms with Crippen LogP contribution in [0, 0.1) is 17.5 Å². The van der Waals surface area contributed by atoms with E-state index in [-0.39, 0.29) is 17.1 Å². The van der Waals surface area contributed by atoms with Crippen molar-refractivity contribution in [3.63, 3.8) is 0 Å². The quantitative estimate of drug-likeness (QED) is 0.731. The maximum absolute atomic E-state index is 13.5. The van der Waals surface area contributed by atoms with Gasteiger partial charge in [-0.15, -0.1) is 0 Å². The molecule has 0 saturated heterocycles. The number of hydrogen-bond donors (Lipinski definition) is 1. The number of hydrogen-bond acceptors (Lipinski definition) is 2. The van der Waals surface area contributed by atoms with Gasteiger partial charge in [-0.1, -0.05) is 0 Å². The van der Waals surface area contributed by atoms with Crippen molar-refractivity contribution in [2.45, 2.75) is 13.5 Å². The first-order chi connectivity index (χ1) is 10.0. The van der Waals surface area contributed by atoms with Gasteiger partial charge in [0.2, 0.25) is 0 Å². The summed E-state index contributed by atoms with van der Waals surface area (Å²) in [5, 5.41) is 0. The number of aryl methyl sites for hydroxylation is 1. The minimum atomic E-state index is -1.01. The van der Waals surface area contributed by atoms with E-state index in [1.54, 1.807) is 4.57 Å². The van der Waals surface area contributed by atoms with Crippen LogP contribution in [0.25, 0.3) is 22.4 Å². The zero-order valence-electron chi connectivity index (χ0n) is 11.2. The Morgan fingerprint density at radius 1 is 1.10 bits per heavy atom. The van der Waals surface area contributed by atoms with Crippen LogP contribution >= 0.6 is 0 Å². The summed E-state index contributed by atoms with van der Waals surface area (Å²) in [7, 11) is 0. The second-order valence-corrected chi connectivity index (χ2v) is 4.67. The molecule has 3 nitrogen and oxygen atoms in total. The number of nitrogens with two attached hydrogens (primary N) is 1. The Labute approximate surface area is 118 Å². The van der Waals surface area contributed by atoms with Crippen molar-refractivity contribution in [1.82, 2.24) is 9.55 Å². The molecular weight excluding hydrogens is 279 g/mol. The van der Waals surface area contributed by atoms with Crippen LogP contribution in [0.4, 0.5) is 18.9 Å². The predicted octanol–water partition coefficient (Wildman–Crippen LogP) is 3.72. The van der Waals surface area contributed by atoms with Crippen LogP contribution in [-0.2, 0) is 6.54 Å². The molecule has 0 spiro atoms. The van der Waals surface area contributed by atoms with Crippen molar-refractivity contribution >= 4 is 16.7 Å². The molecule has 2 aromatic carbocycles. The average molecular weight is 291 g/mol. The maximum atomic E-state index is 13.5. The molecule has 2 N–H and O–H groups in total. The summed E-state index contributed by atoms with van der Waals surface area (Å²) in [5.41, 5.74) is 7.28. The van der Waals surface area contributed by atoms with E-state index in [0.29, 0.717) is 23.4 Å². The van der Waals surface area contributed by atoms with Crippen LogP contribution in [-0.4, -0.2) is 9.55 Å². The molecule has 0 aliphatic rings. The van der Waals surface area contributed by atoms with Gasteiger partial charge >= 0.3 is 0 Å². The molecule has 0 radical (unpaired) electrons. The van der Waals surface area contributed by atoms with E-state index in [0.717, 1.165) is 12.1 Å². The van der Waals surface area contributed by atoms with Crippen molar-refractivity contribution in [2.75, 3.05) is 5.73 Å². The molecule has 0 aliphatic heterocycles. The summed E-state index contributed by atoms with van der Waals surface area (Å²) in [5.74, 6) is -2.02. The molecule has 0 aliphatic carbocycles. The van der Waals surface area contributed by atoms with Gasteiger partial charge in [0.05, 0.1) is 11.0 Å². The molecule has 0 bridgehead atoms. The molecule has 0 fully saturated rings. The first kappa shape index (κ1) is 13.5. The Kier molecular flexibility index (Phi) is 3.08. The van der Waals surface area contributed by atoms with Gasteiger partial charge in [0.1, 0.15) is 11.6 Å². The van der Waals surface area contributed by atoms with Crippen LogP contribution in [0.1, 0.15) is 6.92 Å². The molecule has 3 rings (SSSR count). The lowest BCUT2D eigenvalue weighted by Crippen LogP contribution is -2.02. The Balaban J connectivity index is 2.32. The van der Waals surface area contributed by atoms with E-state index >= 15 is 0 Å². The number of nitrogens with zero attached hydrogens (tertiary/aromatic N) is 2. The number of rotatable bonds is 2. The van der Waals surface area contributed by atoms with Gasteiger partial charge in [-0.05, 0) is 31.2 Å². The molecule has 0 atom stereocenters. The fourth-order valence-corrected chi connectivity index (χ4v) is 2.38. The van der Waals surface area contributed by atoms with Gasteiger partial charge in [-0.2, -0.15) is 0 Å². The standard InChI is InChI=1S/C15H12F3N3/c1-2-21-14-5-8(16)3-4-13(14)20-15(21)9-6-10(17)11(18)7-12(9)19/h3-7H,2,19H2,1H3. The minimum Gasteiger partial charge on any atom is -0.398 e. The highest BCUT2D eigenvalue weighted by Gasteiger charge is 2.17. The van der Waals surface area contributed by atoms with Crippen LogP contribution in [0.5, 0.6) is 0 Å². The monoisotopic (exact) mass is 291 g/mol. The van der Waals surface area contributed by atoms with E-state index in [2.05, 4.69) is 4.98 Å². The summed E-state index contributed by atoms with van der Waals surface area (Å²) in [6, 6.07) is 6.12. The minimum absolute atomic E-state index is 0.0828. The highest BCUT2D eigenvalue weighted by Crippen LogP contribution is 2.30. The Morgan fingerprint density at radius 2 is 1.81 bits per heavy atom. The molecule has 6 heteroatoms. The van der Waals surface area contributed by atoms with E-state index in [1.165, 1.54) is 18.2 Å². The largest absolute Gasteiger partial charge is 0.398 e. The highest BCUT2D eigenvalue weighted by atomic mass is 19.2. The fourth-order valence-electron chi connectivity index (χ4n) is 2.38. The van der Waals surface area contributed by atoms with Gasteiger partial charge in [0.25, 0.3) is 0 Å². The number of nitrogen functional groups attached to an aromatic ring is 1.